The van der Waals surface area contributed by atoms with Crippen molar-refractivity contribution in [1.82, 2.24) is 0 Å². The van der Waals surface area contributed by atoms with Crippen LogP contribution in [0.5, 0.6) is 0 Å². The molecule has 1 aliphatic rings. The smallest absolute Gasteiger partial charge is 1.00 e. The van der Waals surface area contributed by atoms with Crippen molar-refractivity contribution >= 4 is 27.2 Å². The first-order valence-corrected chi connectivity index (χ1v) is 8.40. The molecule has 0 radical (unpaired) electrons. The number of rotatable bonds is 0. The van der Waals surface area contributed by atoms with Gasteiger partial charge in [-0.25, -0.2) is 12.2 Å². The molecule has 0 bridgehead atoms. The predicted octanol–water partition coefficient (Wildman–Crippen LogP) is 0.292. The summed E-state index contributed by atoms with van der Waals surface area (Å²) < 4.78 is 0. The van der Waals surface area contributed by atoms with Crippen LogP contribution in [-0.2, 0) is 25.8 Å². The molecule has 1 aliphatic carbocycles. The van der Waals surface area contributed by atoms with Gasteiger partial charge in [0.2, 0.25) is 0 Å². The molecule has 0 aliphatic heterocycles. The van der Waals surface area contributed by atoms with Crippen molar-refractivity contribution < 1.29 is 50.7 Å². The number of nitrogen functional groups attached to an aromatic ring is 1. The standard InChI is InChI=1S/C13H9.C6H7N.C5H5.2ClH.Hf/c1-3-7-12-10(5-1)9-11-6-2-4-8-13(11)12;7-6-4-2-1-3-5-6;1-2-4-5-3-1;;;/h1-9H;1-5H,7H2;1-3H,4H2;2*1H;/q-1;;-1;;;+4/p-2. The quantitative estimate of drug-likeness (QED) is 0.183. The Morgan fingerprint density at radius 1 is 0.714 bits per heavy atom. The molecule has 0 amide bonds. The number of hydrogen-bond donors (Lipinski definition) is 1. The largest absolute Gasteiger partial charge is 4.00 e. The van der Waals surface area contributed by atoms with Crippen LogP contribution in [-0.4, -0.2) is 0 Å². The molecule has 0 saturated heterocycles. The molecule has 0 fully saturated rings. The molecule has 4 heteroatoms. The Morgan fingerprint density at radius 2 is 1.21 bits per heavy atom. The number of fused-ring (bicyclic) bond motifs is 3. The summed E-state index contributed by atoms with van der Waals surface area (Å²) in [6, 6.07) is 28.8. The fraction of sp³-hybridized carbons (Fsp3) is 0.0417. The summed E-state index contributed by atoms with van der Waals surface area (Å²) in [5, 5.41) is 5.39. The van der Waals surface area contributed by atoms with Gasteiger partial charge in [0.05, 0.1) is 0 Å². The Morgan fingerprint density at radius 3 is 1.57 bits per heavy atom. The van der Waals surface area contributed by atoms with Crippen LogP contribution in [0.4, 0.5) is 5.69 Å². The minimum Gasteiger partial charge on any atom is -1.00 e. The molecule has 0 spiro atoms. The third-order valence-electron chi connectivity index (χ3n) is 3.91. The van der Waals surface area contributed by atoms with E-state index in [-0.39, 0.29) is 50.7 Å². The summed E-state index contributed by atoms with van der Waals surface area (Å²) in [7, 11) is 0. The number of anilines is 1. The molecule has 2 N–H and O–H groups in total. The molecule has 0 heterocycles. The molecule has 0 unspecified atom stereocenters. The molecule has 0 atom stereocenters. The third-order valence-corrected chi connectivity index (χ3v) is 3.91. The summed E-state index contributed by atoms with van der Waals surface area (Å²) in [6.07, 6.45) is 10.0. The molecule has 4 aromatic rings. The maximum absolute atomic E-state index is 5.36. The van der Waals surface area contributed by atoms with Gasteiger partial charge in [0, 0.05) is 5.69 Å². The molecule has 4 aromatic carbocycles. The van der Waals surface area contributed by atoms with E-state index in [4.69, 9.17) is 5.73 Å². The summed E-state index contributed by atoms with van der Waals surface area (Å²) in [5.41, 5.74) is 6.18. The van der Waals surface area contributed by atoms with Crippen LogP contribution in [0.3, 0.4) is 0 Å². The van der Waals surface area contributed by atoms with Crippen LogP contribution in [0, 0.1) is 6.08 Å². The predicted molar refractivity (Wildman–Crippen MR) is 109 cm³/mol. The average molecular weight is 573 g/mol. The monoisotopic (exact) mass is 573 g/mol. The Bertz CT molecular complexity index is 931. The second kappa shape index (κ2) is 14.3. The van der Waals surface area contributed by atoms with Gasteiger partial charge in [-0.3, -0.25) is 6.08 Å². The van der Waals surface area contributed by atoms with Gasteiger partial charge in [-0.15, -0.1) is 46.2 Å². The van der Waals surface area contributed by atoms with Crippen LogP contribution in [0.25, 0.3) is 21.5 Å². The fourth-order valence-corrected chi connectivity index (χ4v) is 2.70. The van der Waals surface area contributed by atoms with E-state index in [9.17, 15) is 0 Å². The number of hydrogen-bond acceptors (Lipinski definition) is 1. The van der Waals surface area contributed by atoms with Crippen molar-refractivity contribution in [3.05, 3.63) is 109 Å². The van der Waals surface area contributed by atoms with E-state index in [2.05, 4.69) is 66.7 Å². The molecular weight excluding hydrogens is 552 g/mol. The number of benzene rings is 3. The maximum atomic E-state index is 5.36. The third kappa shape index (κ3) is 7.71. The van der Waals surface area contributed by atoms with Crippen molar-refractivity contribution in [3.63, 3.8) is 0 Å². The van der Waals surface area contributed by atoms with E-state index < -0.39 is 0 Å². The van der Waals surface area contributed by atoms with E-state index in [1.165, 1.54) is 21.5 Å². The molecule has 0 saturated carbocycles. The van der Waals surface area contributed by atoms with Gasteiger partial charge in [-0.1, -0.05) is 54.6 Å². The van der Waals surface area contributed by atoms with E-state index in [0.717, 1.165) is 12.1 Å². The Balaban J connectivity index is 0.000000419. The van der Waals surface area contributed by atoms with Crippen molar-refractivity contribution in [2.45, 2.75) is 6.42 Å². The topological polar surface area (TPSA) is 26.0 Å². The van der Waals surface area contributed by atoms with Gasteiger partial charge in [0.25, 0.3) is 0 Å². The first-order chi connectivity index (χ1) is 12.3. The maximum Gasteiger partial charge on any atom is 4.00 e. The normalized spacial score (nSPS) is 10.4. The van der Waals surface area contributed by atoms with Gasteiger partial charge < -0.3 is 30.5 Å². The van der Waals surface area contributed by atoms with Crippen LogP contribution in [0.1, 0.15) is 6.42 Å². The molecule has 140 valence electrons. The van der Waals surface area contributed by atoms with Gasteiger partial charge in [-0.2, -0.15) is 6.08 Å². The fourth-order valence-electron chi connectivity index (χ4n) is 2.70. The number of allylic oxidation sites excluding steroid dienone is 4. The van der Waals surface area contributed by atoms with E-state index in [1.807, 2.05) is 42.5 Å². The van der Waals surface area contributed by atoms with Crippen molar-refractivity contribution in [1.29, 1.82) is 0 Å². The molecular formula is C24H21Cl2HfN. The zero-order chi connectivity index (χ0) is 17.3. The second-order valence-electron chi connectivity index (χ2n) is 5.73. The minimum atomic E-state index is 0. The van der Waals surface area contributed by atoms with Gasteiger partial charge in [0.15, 0.2) is 0 Å². The van der Waals surface area contributed by atoms with Crippen molar-refractivity contribution in [2.24, 2.45) is 0 Å². The van der Waals surface area contributed by atoms with Gasteiger partial charge in [-0.05, 0) is 12.1 Å². The first kappa shape index (κ1) is 26.3. The molecule has 28 heavy (non-hydrogen) atoms. The second-order valence-corrected chi connectivity index (χ2v) is 5.73. The first-order valence-electron chi connectivity index (χ1n) is 8.40. The molecule has 0 aromatic heterocycles. The minimum absolute atomic E-state index is 0. The van der Waals surface area contributed by atoms with Crippen LogP contribution < -0.4 is 30.5 Å². The zero-order valence-corrected chi connectivity index (χ0v) is 20.5. The van der Waals surface area contributed by atoms with E-state index in [0.29, 0.717) is 0 Å². The van der Waals surface area contributed by atoms with E-state index in [1.54, 1.807) is 0 Å². The van der Waals surface area contributed by atoms with Crippen LogP contribution in [0.15, 0.2) is 103 Å². The number of nitrogens with two attached hydrogens (primary N) is 1. The number of para-hydroxylation sites is 1. The summed E-state index contributed by atoms with van der Waals surface area (Å²) in [4.78, 5) is 0. The summed E-state index contributed by atoms with van der Waals surface area (Å²) in [6.45, 7) is 0. The summed E-state index contributed by atoms with van der Waals surface area (Å²) in [5.74, 6) is 0. The molecule has 5 rings (SSSR count). The van der Waals surface area contributed by atoms with Gasteiger partial charge >= 0.3 is 25.8 Å². The van der Waals surface area contributed by atoms with E-state index >= 15 is 0 Å². The van der Waals surface area contributed by atoms with Crippen LogP contribution >= 0.6 is 0 Å². The Hall–Kier alpha value is -1.74. The van der Waals surface area contributed by atoms with Crippen LogP contribution in [0.2, 0.25) is 0 Å². The Labute approximate surface area is 198 Å². The van der Waals surface area contributed by atoms with Gasteiger partial charge in [0.1, 0.15) is 0 Å². The SMILES string of the molecule is Nc1ccccc1.[C-]1=CC=CC1.[Cl-].[Cl-].[Hf+4].c1ccc2c(c1)[cH-]c1ccccc12. The Kier molecular flexibility index (Phi) is 13.4. The van der Waals surface area contributed by atoms with Crippen molar-refractivity contribution in [2.75, 3.05) is 5.73 Å². The summed E-state index contributed by atoms with van der Waals surface area (Å²) >= 11 is 0. The molecule has 1 nitrogen and oxygen atoms in total. The average Bonchev–Trinajstić information content (AvgIpc) is 3.34. The zero-order valence-electron chi connectivity index (χ0n) is 15.4. The number of halogens is 2. The van der Waals surface area contributed by atoms with Crippen molar-refractivity contribution in [3.8, 4) is 0 Å².